The molecular weight excluding hydrogens is 264 g/mol. The highest BCUT2D eigenvalue weighted by Gasteiger charge is 2.13. The molecular formula is C14H14O4S. The summed E-state index contributed by atoms with van der Waals surface area (Å²) >= 11 is 0. The molecule has 19 heavy (non-hydrogen) atoms. The van der Waals surface area contributed by atoms with Gasteiger partial charge in [0.2, 0.25) is 0 Å². The van der Waals surface area contributed by atoms with Crippen molar-refractivity contribution in [2.24, 2.45) is 0 Å². The summed E-state index contributed by atoms with van der Waals surface area (Å²) < 4.78 is 29.0. The molecule has 2 aromatic rings. The minimum absolute atomic E-state index is 0.141. The van der Waals surface area contributed by atoms with Crippen molar-refractivity contribution in [1.82, 2.24) is 0 Å². The number of carbonyl (C=O) groups is 1. The first-order valence-corrected chi connectivity index (χ1v) is 7.60. The van der Waals surface area contributed by atoms with Gasteiger partial charge in [-0.2, -0.15) is 0 Å². The maximum atomic E-state index is 11.9. The number of carbonyl (C=O) groups excluding carboxylic acids is 1. The molecule has 0 spiro atoms. The van der Waals surface area contributed by atoms with Crippen LogP contribution in [-0.4, -0.2) is 20.5 Å². The lowest BCUT2D eigenvalue weighted by Gasteiger charge is -2.03. The summed E-state index contributed by atoms with van der Waals surface area (Å²) in [6.07, 6.45) is 1.22. The number of rotatable bonds is 5. The maximum Gasteiger partial charge on any atom is 0.185 e. The van der Waals surface area contributed by atoms with Gasteiger partial charge in [-0.1, -0.05) is 6.92 Å². The fraction of sp³-hybridized carbons (Fsp3) is 0.214. The van der Waals surface area contributed by atoms with Crippen LogP contribution in [0.4, 0.5) is 0 Å². The SMILES string of the molecule is CCCS(=O)(=O)c1ccc(-c2ccc(C=O)o2)cc1. The van der Waals surface area contributed by atoms with Crippen LogP contribution in [0.5, 0.6) is 0 Å². The molecule has 0 atom stereocenters. The van der Waals surface area contributed by atoms with Gasteiger partial charge in [-0.15, -0.1) is 0 Å². The van der Waals surface area contributed by atoms with Gasteiger partial charge in [0, 0.05) is 5.56 Å². The van der Waals surface area contributed by atoms with E-state index in [0.717, 1.165) is 5.56 Å². The second-order valence-corrected chi connectivity index (χ2v) is 6.27. The molecule has 0 aliphatic carbocycles. The molecule has 0 bridgehead atoms. The van der Waals surface area contributed by atoms with Crippen molar-refractivity contribution >= 4 is 16.1 Å². The van der Waals surface area contributed by atoms with Gasteiger partial charge in [-0.05, 0) is 42.8 Å². The number of aldehydes is 1. The third kappa shape index (κ3) is 2.93. The van der Waals surface area contributed by atoms with Gasteiger partial charge in [0.1, 0.15) is 5.76 Å². The predicted octanol–water partition coefficient (Wildman–Crippen LogP) is 2.94. The van der Waals surface area contributed by atoms with Gasteiger partial charge in [0.25, 0.3) is 0 Å². The van der Waals surface area contributed by atoms with Gasteiger partial charge in [0.05, 0.1) is 10.6 Å². The summed E-state index contributed by atoms with van der Waals surface area (Å²) in [6, 6.07) is 9.72. The van der Waals surface area contributed by atoms with Crippen molar-refractivity contribution in [3.8, 4) is 11.3 Å². The summed E-state index contributed by atoms with van der Waals surface area (Å²) in [5.74, 6) is 0.932. The molecule has 2 rings (SSSR count). The van der Waals surface area contributed by atoms with E-state index in [1.165, 1.54) is 0 Å². The van der Waals surface area contributed by atoms with Crippen molar-refractivity contribution in [3.63, 3.8) is 0 Å². The number of benzene rings is 1. The van der Waals surface area contributed by atoms with Crippen molar-refractivity contribution in [1.29, 1.82) is 0 Å². The Morgan fingerprint density at radius 2 is 1.79 bits per heavy atom. The molecule has 100 valence electrons. The Morgan fingerprint density at radius 1 is 1.11 bits per heavy atom. The molecule has 1 heterocycles. The first kappa shape index (κ1) is 13.5. The quantitative estimate of drug-likeness (QED) is 0.789. The van der Waals surface area contributed by atoms with Crippen LogP contribution in [0, 0.1) is 0 Å². The Hall–Kier alpha value is -1.88. The zero-order valence-electron chi connectivity index (χ0n) is 10.5. The zero-order chi connectivity index (χ0) is 13.9. The monoisotopic (exact) mass is 278 g/mol. The molecule has 0 saturated carbocycles. The Morgan fingerprint density at radius 3 is 2.32 bits per heavy atom. The molecule has 0 aliphatic heterocycles. The Labute approximate surface area is 112 Å². The highest BCUT2D eigenvalue weighted by Crippen LogP contribution is 2.23. The normalized spacial score (nSPS) is 11.4. The molecule has 5 heteroatoms. The van der Waals surface area contributed by atoms with Crippen LogP contribution >= 0.6 is 0 Å². The van der Waals surface area contributed by atoms with E-state index in [1.54, 1.807) is 36.4 Å². The average Bonchev–Trinajstić information content (AvgIpc) is 2.87. The molecule has 1 aromatic carbocycles. The third-order valence-corrected chi connectivity index (χ3v) is 4.65. The smallest absolute Gasteiger partial charge is 0.185 e. The molecule has 0 unspecified atom stereocenters. The first-order valence-electron chi connectivity index (χ1n) is 5.95. The number of hydrogen-bond acceptors (Lipinski definition) is 4. The topological polar surface area (TPSA) is 64.3 Å². The lowest BCUT2D eigenvalue weighted by molar-refractivity contribution is 0.110. The molecule has 4 nitrogen and oxygen atoms in total. The van der Waals surface area contributed by atoms with Gasteiger partial charge in [0.15, 0.2) is 21.9 Å². The molecule has 0 saturated heterocycles. The number of hydrogen-bond donors (Lipinski definition) is 0. The second kappa shape index (κ2) is 5.40. The third-order valence-electron chi connectivity index (χ3n) is 2.71. The summed E-state index contributed by atoms with van der Waals surface area (Å²) in [5, 5.41) is 0. The van der Waals surface area contributed by atoms with Gasteiger partial charge < -0.3 is 4.42 Å². The van der Waals surface area contributed by atoms with E-state index in [9.17, 15) is 13.2 Å². The van der Waals surface area contributed by atoms with Crippen molar-refractivity contribution in [3.05, 3.63) is 42.2 Å². The van der Waals surface area contributed by atoms with Gasteiger partial charge >= 0.3 is 0 Å². The highest BCUT2D eigenvalue weighted by molar-refractivity contribution is 7.91. The fourth-order valence-corrected chi connectivity index (χ4v) is 3.11. The first-order chi connectivity index (χ1) is 9.06. The molecule has 0 N–H and O–H groups in total. The van der Waals surface area contributed by atoms with E-state index in [-0.39, 0.29) is 11.5 Å². The summed E-state index contributed by atoms with van der Waals surface area (Å²) in [7, 11) is -3.20. The Balaban J connectivity index is 2.30. The predicted molar refractivity (Wildman–Crippen MR) is 71.9 cm³/mol. The molecule has 0 radical (unpaired) electrons. The molecule has 1 aromatic heterocycles. The van der Waals surface area contributed by atoms with Crippen LogP contribution in [0.25, 0.3) is 11.3 Å². The average molecular weight is 278 g/mol. The van der Waals surface area contributed by atoms with E-state index in [0.29, 0.717) is 23.4 Å². The highest BCUT2D eigenvalue weighted by atomic mass is 32.2. The van der Waals surface area contributed by atoms with Gasteiger partial charge in [-0.3, -0.25) is 4.79 Å². The number of sulfone groups is 1. The van der Waals surface area contributed by atoms with E-state index in [1.807, 2.05) is 6.92 Å². The summed E-state index contributed by atoms with van der Waals surface area (Å²) in [5.41, 5.74) is 0.739. The minimum atomic E-state index is -3.20. The van der Waals surface area contributed by atoms with Crippen LogP contribution in [0.2, 0.25) is 0 Å². The molecule has 0 aliphatic rings. The minimum Gasteiger partial charge on any atom is -0.453 e. The Kier molecular flexibility index (Phi) is 3.85. The van der Waals surface area contributed by atoms with Crippen LogP contribution in [0.1, 0.15) is 23.9 Å². The van der Waals surface area contributed by atoms with Crippen molar-refractivity contribution in [2.45, 2.75) is 18.2 Å². The summed E-state index contributed by atoms with van der Waals surface area (Å²) in [6.45, 7) is 1.83. The largest absolute Gasteiger partial charge is 0.453 e. The van der Waals surface area contributed by atoms with E-state index in [4.69, 9.17) is 4.42 Å². The van der Waals surface area contributed by atoms with E-state index in [2.05, 4.69) is 0 Å². The van der Waals surface area contributed by atoms with Crippen LogP contribution in [0.3, 0.4) is 0 Å². The van der Waals surface area contributed by atoms with E-state index >= 15 is 0 Å². The molecule has 0 fully saturated rings. The fourth-order valence-electron chi connectivity index (χ4n) is 1.78. The lowest BCUT2D eigenvalue weighted by atomic mass is 10.2. The Bertz CT molecular complexity index is 666. The zero-order valence-corrected chi connectivity index (χ0v) is 11.3. The summed E-state index contributed by atoms with van der Waals surface area (Å²) in [4.78, 5) is 10.8. The van der Waals surface area contributed by atoms with Crippen molar-refractivity contribution < 1.29 is 17.6 Å². The van der Waals surface area contributed by atoms with Crippen LogP contribution in [-0.2, 0) is 9.84 Å². The van der Waals surface area contributed by atoms with Crippen LogP contribution < -0.4 is 0 Å². The maximum absolute atomic E-state index is 11.9. The second-order valence-electron chi connectivity index (χ2n) is 4.16. The van der Waals surface area contributed by atoms with Gasteiger partial charge in [-0.25, -0.2) is 8.42 Å². The standard InChI is InChI=1S/C14H14O4S/c1-2-9-19(16,17)13-6-3-11(4-7-13)14-8-5-12(10-15)18-14/h3-8,10H,2,9H2,1H3. The van der Waals surface area contributed by atoms with Crippen LogP contribution in [0.15, 0.2) is 45.7 Å². The van der Waals surface area contributed by atoms with E-state index < -0.39 is 9.84 Å². The lowest BCUT2D eigenvalue weighted by Crippen LogP contribution is -2.05. The number of furan rings is 1. The molecule has 0 amide bonds. The van der Waals surface area contributed by atoms with Crippen molar-refractivity contribution in [2.75, 3.05) is 5.75 Å².